The normalized spacial score (nSPS) is 21.4. The molecular formula is C19H25N5O3. The Balaban J connectivity index is 1.32. The van der Waals surface area contributed by atoms with Gasteiger partial charge in [0.1, 0.15) is 5.76 Å². The number of carbonyl (C=O) groups excluding carboxylic acids is 1. The summed E-state index contributed by atoms with van der Waals surface area (Å²) in [6.07, 6.45) is 6.77. The van der Waals surface area contributed by atoms with Gasteiger partial charge in [-0.2, -0.15) is 0 Å². The van der Waals surface area contributed by atoms with Crippen LogP contribution in [-0.4, -0.2) is 64.9 Å². The Morgan fingerprint density at radius 3 is 2.85 bits per heavy atom. The summed E-state index contributed by atoms with van der Waals surface area (Å²) in [5.41, 5.74) is -0.182. The minimum absolute atomic E-state index is 0.0403. The van der Waals surface area contributed by atoms with Crippen molar-refractivity contribution in [2.45, 2.75) is 19.4 Å². The lowest BCUT2D eigenvalue weighted by molar-refractivity contribution is -0.137. The van der Waals surface area contributed by atoms with E-state index in [9.17, 15) is 9.59 Å². The number of aromatic amines is 1. The molecule has 2 fully saturated rings. The second-order valence-corrected chi connectivity index (χ2v) is 7.21. The van der Waals surface area contributed by atoms with Crippen LogP contribution in [0.1, 0.15) is 18.6 Å². The number of likely N-dealkylation sites (tertiary alicyclic amines) is 1. The number of hydrogen-bond acceptors (Lipinski definition) is 6. The van der Waals surface area contributed by atoms with Gasteiger partial charge < -0.3 is 19.2 Å². The number of nitrogens with zero attached hydrogens (tertiary/aromatic N) is 4. The molecule has 0 aliphatic carbocycles. The van der Waals surface area contributed by atoms with Crippen LogP contribution in [0, 0.1) is 5.92 Å². The summed E-state index contributed by atoms with van der Waals surface area (Å²) in [5.74, 6) is 1.65. The van der Waals surface area contributed by atoms with E-state index in [1.54, 1.807) is 12.5 Å². The summed E-state index contributed by atoms with van der Waals surface area (Å²) >= 11 is 0. The lowest BCUT2D eigenvalue weighted by Gasteiger charge is -2.39. The first-order chi connectivity index (χ1) is 13.2. The van der Waals surface area contributed by atoms with Crippen molar-refractivity contribution in [1.29, 1.82) is 0 Å². The molecule has 144 valence electrons. The second kappa shape index (κ2) is 7.96. The molecule has 0 radical (unpaired) electrons. The van der Waals surface area contributed by atoms with E-state index in [4.69, 9.17) is 4.42 Å². The van der Waals surface area contributed by atoms with Crippen molar-refractivity contribution in [3.63, 3.8) is 0 Å². The molecule has 0 spiro atoms. The first-order valence-corrected chi connectivity index (χ1v) is 9.53. The number of H-pyrrole nitrogens is 1. The maximum atomic E-state index is 13.0. The van der Waals surface area contributed by atoms with Crippen molar-refractivity contribution in [2.24, 2.45) is 5.92 Å². The molecule has 0 bridgehead atoms. The fourth-order valence-electron chi connectivity index (χ4n) is 3.99. The first-order valence-electron chi connectivity index (χ1n) is 9.53. The highest BCUT2D eigenvalue weighted by Crippen LogP contribution is 2.22. The predicted molar refractivity (Wildman–Crippen MR) is 100 cm³/mol. The SMILES string of the molecule is O=C([C@@H]1CCCN(Cc2ccco2)C1)N1CCN(c2ncc[nH]c2=O)CC1. The van der Waals surface area contributed by atoms with Crippen molar-refractivity contribution < 1.29 is 9.21 Å². The minimum atomic E-state index is -0.182. The maximum Gasteiger partial charge on any atom is 0.290 e. The van der Waals surface area contributed by atoms with Crippen molar-refractivity contribution in [3.05, 3.63) is 46.9 Å². The van der Waals surface area contributed by atoms with Crippen LogP contribution in [0.4, 0.5) is 5.82 Å². The van der Waals surface area contributed by atoms with Crippen LogP contribution in [0.3, 0.4) is 0 Å². The van der Waals surface area contributed by atoms with Gasteiger partial charge in [0.05, 0.1) is 18.7 Å². The summed E-state index contributed by atoms with van der Waals surface area (Å²) in [6.45, 7) is 5.06. The molecule has 2 aromatic rings. The highest BCUT2D eigenvalue weighted by Gasteiger charge is 2.31. The molecule has 2 saturated heterocycles. The highest BCUT2D eigenvalue weighted by molar-refractivity contribution is 5.79. The number of aromatic nitrogens is 2. The molecular weight excluding hydrogens is 346 g/mol. The molecule has 8 heteroatoms. The zero-order chi connectivity index (χ0) is 18.6. The average Bonchev–Trinajstić information content (AvgIpc) is 3.21. The van der Waals surface area contributed by atoms with Gasteiger partial charge in [0.25, 0.3) is 5.56 Å². The van der Waals surface area contributed by atoms with Crippen LogP contribution >= 0.6 is 0 Å². The van der Waals surface area contributed by atoms with Gasteiger partial charge in [-0.1, -0.05) is 0 Å². The molecule has 2 aliphatic heterocycles. The fourth-order valence-corrected chi connectivity index (χ4v) is 3.99. The largest absolute Gasteiger partial charge is 0.468 e. The molecule has 4 heterocycles. The Kier molecular flexibility index (Phi) is 5.24. The number of hydrogen-bond donors (Lipinski definition) is 1. The average molecular weight is 371 g/mol. The summed E-state index contributed by atoms with van der Waals surface area (Å²) in [6, 6.07) is 3.87. The van der Waals surface area contributed by atoms with Crippen LogP contribution in [0.5, 0.6) is 0 Å². The maximum absolute atomic E-state index is 13.0. The van der Waals surface area contributed by atoms with Gasteiger partial charge in [-0.3, -0.25) is 14.5 Å². The molecule has 1 N–H and O–H groups in total. The molecule has 27 heavy (non-hydrogen) atoms. The third-order valence-electron chi connectivity index (χ3n) is 5.39. The van der Waals surface area contributed by atoms with Crippen LogP contribution < -0.4 is 10.5 Å². The Labute approximate surface area is 157 Å². The molecule has 8 nitrogen and oxygen atoms in total. The molecule has 2 aromatic heterocycles. The number of piperazine rings is 1. The van der Waals surface area contributed by atoms with E-state index in [2.05, 4.69) is 14.9 Å². The molecule has 1 amide bonds. The fraction of sp³-hybridized carbons (Fsp3) is 0.526. The topological polar surface area (TPSA) is 85.7 Å². The Morgan fingerprint density at radius 2 is 2.11 bits per heavy atom. The number of amides is 1. The van der Waals surface area contributed by atoms with Crippen molar-refractivity contribution in [2.75, 3.05) is 44.2 Å². The van der Waals surface area contributed by atoms with Crippen LogP contribution in [0.25, 0.3) is 0 Å². The summed E-state index contributed by atoms with van der Waals surface area (Å²) in [5, 5.41) is 0. The van der Waals surface area contributed by atoms with Gasteiger partial charge in [-0.15, -0.1) is 0 Å². The van der Waals surface area contributed by atoms with Crippen LogP contribution in [0.2, 0.25) is 0 Å². The summed E-state index contributed by atoms with van der Waals surface area (Å²) < 4.78 is 5.44. The lowest BCUT2D eigenvalue weighted by Crippen LogP contribution is -2.53. The van der Waals surface area contributed by atoms with E-state index in [0.29, 0.717) is 32.0 Å². The quantitative estimate of drug-likeness (QED) is 0.860. The lowest BCUT2D eigenvalue weighted by atomic mass is 9.96. The van der Waals surface area contributed by atoms with Crippen molar-refractivity contribution >= 4 is 11.7 Å². The molecule has 0 saturated carbocycles. The number of furan rings is 1. The number of nitrogens with one attached hydrogen (secondary N) is 1. The van der Waals surface area contributed by atoms with Gasteiger partial charge in [-0.25, -0.2) is 4.98 Å². The van der Waals surface area contributed by atoms with E-state index in [-0.39, 0.29) is 17.4 Å². The smallest absolute Gasteiger partial charge is 0.290 e. The molecule has 0 unspecified atom stereocenters. The molecule has 0 aromatic carbocycles. The molecule has 1 atom stereocenters. The van der Waals surface area contributed by atoms with Crippen molar-refractivity contribution in [1.82, 2.24) is 19.8 Å². The van der Waals surface area contributed by atoms with Crippen LogP contribution in [-0.2, 0) is 11.3 Å². The standard InChI is InChI=1S/C19H25N5O3/c25-18-17(20-5-6-21-18)23-8-10-24(11-9-23)19(26)15-3-1-7-22(13-15)14-16-4-2-12-27-16/h2,4-6,12,15H,1,3,7-11,13-14H2,(H,21,25)/t15-/m1/s1. The second-order valence-electron chi connectivity index (χ2n) is 7.21. The van der Waals surface area contributed by atoms with Crippen molar-refractivity contribution in [3.8, 4) is 0 Å². The summed E-state index contributed by atoms with van der Waals surface area (Å²) in [7, 11) is 0. The number of piperidine rings is 1. The Bertz CT molecular complexity index is 811. The first kappa shape index (κ1) is 17.8. The molecule has 4 rings (SSSR count). The van der Waals surface area contributed by atoms with E-state index in [0.717, 1.165) is 38.2 Å². The van der Waals surface area contributed by atoms with Crippen LogP contribution in [0.15, 0.2) is 40.0 Å². The minimum Gasteiger partial charge on any atom is -0.468 e. The number of carbonyl (C=O) groups is 1. The van der Waals surface area contributed by atoms with Gasteiger partial charge in [0.15, 0.2) is 5.82 Å². The highest BCUT2D eigenvalue weighted by atomic mass is 16.3. The zero-order valence-electron chi connectivity index (χ0n) is 15.3. The van der Waals surface area contributed by atoms with Gasteiger partial charge >= 0.3 is 0 Å². The molecule has 2 aliphatic rings. The van der Waals surface area contributed by atoms with E-state index < -0.39 is 0 Å². The van der Waals surface area contributed by atoms with Gasteiger partial charge in [-0.05, 0) is 31.5 Å². The Morgan fingerprint density at radius 1 is 1.26 bits per heavy atom. The van der Waals surface area contributed by atoms with E-state index in [1.807, 2.05) is 21.9 Å². The number of rotatable bonds is 4. The van der Waals surface area contributed by atoms with E-state index in [1.165, 1.54) is 6.20 Å². The predicted octanol–water partition coefficient (Wildman–Crippen LogP) is 0.924. The van der Waals surface area contributed by atoms with E-state index >= 15 is 0 Å². The van der Waals surface area contributed by atoms with Gasteiger partial charge in [0, 0.05) is 45.1 Å². The van der Waals surface area contributed by atoms with Gasteiger partial charge in [0.2, 0.25) is 5.91 Å². The number of anilines is 1. The monoisotopic (exact) mass is 371 g/mol. The third-order valence-corrected chi connectivity index (χ3v) is 5.39. The third kappa shape index (κ3) is 4.05. The zero-order valence-corrected chi connectivity index (χ0v) is 15.3. The summed E-state index contributed by atoms with van der Waals surface area (Å²) in [4.78, 5) is 37.9. The Hall–Kier alpha value is -2.61.